The minimum atomic E-state index is -4.89. The Labute approximate surface area is 114 Å². The molecule has 1 aromatic rings. The van der Waals surface area contributed by atoms with Crippen LogP contribution in [0.4, 0.5) is 32.0 Å². The van der Waals surface area contributed by atoms with E-state index in [1.54, 1.807) is 0 Å². The molecular weight excluding hydrogens is 300 g/mol. The van der Waals surface area contributed by atoms with Gasteiger partial charge < -0.3 is 5.32 Å². The summed E-state index contributed by atoms with van der Waals surface area (Å²) in [6.07, 6.45) is -9.11. The SMILES string of the molecule is N#CC(C#N)=CNc1cc(C(F)(F)F)ccc1C(F)(F)F. The molecule has 0 saturated carbocycles. The van der Waals surface area contributed by atoms with Gasteiger partial charge in [-0.2, -0.15) is 36.9 Å². The Morgan fingerprint density at radius 3 is 2.00 bits per heavy atom. The van der Waals surface area contributed by atoms with E-state index in [-0.39, 0.29) is 12.1 Å². The average molecular weight is 305 g/mol. The third-order valence-corrected chi connectivity index (χ3v) is 2.27. The third kappa shape index (κ3) is 4.14. The summed E-state index contributed by atoms with van der Waals surface area (Å²) in [5.41, 5.74) is -4.12. The summed E-state index contributed by atoms with van der Waals surface area (Å²) < 4.78 is 75.6. The molecule has 0 spiro atoms. The van der Waals surface area contributed by atoms with Gasteiger partial charge in [-0.25, -0.2) is 0 Å². The first-order chi connectivity index (χ1) is 9.59. The molecule has 0 aliphatic heterocycles. The van der Waals surface area contributed by atoms with Gasteiger partial charge in [-0.15, -0.1) is 0 Å². The van der Waals surface area contributed by atoms with Crippen LogP contribution in [0.2, 0.25) is 0 Å². The number of anilines is 1. The fourth-order valence-electron chi connectivity index (χ4n) is 1.33. The Hall–Kier alpha value is -2.68. The highest BCUT2D eigenvalue weighted by atomic mass is 19.4. The van der Waals surface area contributed by atoms with E-state index < -0.39 is 34.7 Å². The molecule has 0 aromatic heterocycles. The summed E-state index contributed by atoms with van der Waals surface area (Å²) in [6, 6.07) is 3.55. The first-order valence-electron chi connectivity index (χ1n) is 5.15. The fraction of sp³-hybridized carbons (Fsp3) is 0.167. The van der Waals surface area contributed by atoms with E-state index in [0.29, 0.717) is 12.3 Å². The Kier molecular flexibility index (Phi) is 4.48. The summed E-state index contributed by atoms with van der Waals surface area (Å²) in [5.74, 6) is 0. The molecule has 0 amide bonds. The largest absolute Gasteiger partial charge is 0.418 e. The number of rotatable bonds is 2. The predicted octanol–water partition coefficient (Wildman–Crippen LogP) is 4.07. The highest BCUT2D eigenvalue weighted by Crippen LogP contribution is 2.38. The molecule has 0 heterocycles. The van der Waals surface area contributed by atoms with E-state index in [0.717, 1.165) is 0 Å². The number of benzene rings is 1. The van der Waals surface area contributed by atoms with Gasteiger partial charge in [0.05, 0.1) is 16.8 Å². The standard InChI is InChI=1S/C12H5F6N3/c13-11(14,15)8-1-2-9(12(16,17)18)10(3-8)21-6-7(4-19)5-20/h1-3,6,21H. The summed E-state index contributed by atoms with van der Waals surface area (Å²) >= 11 is 0. The maximum Gasteiger partial charge on any atom is 0.418 e. The second-order valence-electron chi connectivity index (χ2n) is 3.68. The van der Waals surface area contributed by atoms with Crippen LogP contribution < -0.4 is 5.32 Å². The molecule has 0 saturated heterocycles. The van der Waals surface area contributed by atoms with Crippen LogP contribution in [0.1, 0.15) is 11.1 Å². The zero-order chi connectivity index (χ0) is 16.3. The van der Waals surface area contributed by atoms with Crippen molar-refractivity contribution < 1.29 is 26.3 Å². The van der Waals surface area contributed by atoms with Crippen molar-refractivity contribution >= 4 is 5.69 Å². The summed E-state index contributed by atoms with van der Waals surface area (Å²) in [6.45, 7) is 0. The number of alkyl halides is 6. The monoisotopic (exact) mass is 305 g/mol. The molecule has 0 atom stereocenters. The molecule has 0 unspecified atom stereocenters. The Morgan fingerprint density at radius 2 is 1.57 bits per heavy atom. The first-order valence-corrected chi connectivity index (χ1v) is 5.15. The Morgan fingerprint density at radius 1 is 1.00 bits per heavy atom. The number of halogens is 6. The van der Waals surface area contributed by atoms with E-state index in [9.17, 15) is 26.3 Å². The van der Waals surface area contributed by atoms with Gasteiger partial charge in [-0.1, -0.05) is 0 Å². The highest BCUT2D eigenvalue weighted by Gasteiger charge is 2.37. The van der Waals surface area contributed by atoms with Crippen molar-refractivity contribution in [3.8, 4) is 12.1 Å². The molecule has 0 fully saturated rings. The lowest BCUT2D eigenvalue weighted by Gasteiger charge is -2.15. The van der Waals surface area contributed by atoms with Gasteiger partial charge in [0.15, 0.2) is 0 Å². The van der Waals surface area contributed by atoms with Crippen LogP contribution in [-0.2, 0) is 12.4 Å². The minimum absolute atomic E-state index is 0.256. The molecule has 1 aromatic carbocycles. The maximum absolute atomic E-state index is 12.7. The molecular formula is C12H5F6N3. The van der Waals surface area contributed by atoms with Crippen LogP contribution in [0, 0.1) is 22.7 Å². The van der Waals surface area contributed by atoms with Gasteiger partial charge in [-0.3, -0.25) is 0 Å². The lowest BCUT2D eigenvalue weighted by Crippen LogP contribution is -2.12. The van der Waals surface area contributed by atoms with Gasteiger partial charge in [0, 0.05) is 6.20 Å². The zero-order valence-electron chi connectivity index (χ0n) is 9.97. The number of nitrogens with one attached hydrogen (secondary N) is 1. The minimum Gasteiger partial charge on any atom is -0.359 e. The van der Waals surface area contributed by atoms with Crippen molar-refractivity contribution in [2.24, 2.45) is 0 Å². The lowest BCUT2D eigenvalue weighted by atomic mass is 10.1. The normalized spacial score (nSPS) is 11.2. The van der Waals surface area contributed by atoms with E-state index in [1.807, 2.05) is 5.32 Å². The number of allylic oxidation sites excluding steroid dienone is 1. The molecule has 0 aliphatic carbocycles. The molecule has 0 radical (unpaired) electrons. The summed E-state index contributed by atoms with van der Waals surface area (Å²) in [4.78, 5) is 0. The molecule has 0 bridgehead atoms. The van der Waals surface area contributed by atoms with E-state index in [4.69, 9.17) is 10.5 Å². The van der Waals surface area contributed by atoms with Crippen molar-refractivity contribution in [1.29, 1.82) is 10.5 Å². The molecule has 1 rings (SSSR count). The molecule has 110 valence electrons. The van der Waals surface area contributed by atoms with Crippen LogP contribution in [0.5, 0.6) is 0 Å². The smallest absolute Gasteiger partial charge is 0.359 e. The Bertz CT molecular complexity index is 627. The lowest BCUT2D eigenvalue weighted by molar-refractivity contribution is -0.140. The maximum atomic E-state index is 12.7. The van der Waals surface area contributed by atoms with E-state index >= 15 is 0 Å². The van der Waals surface area contributed by atoms with Crippen LogP contribution in [0.15, 0.2) is 30.0 Å². The number of nitrogens with zero attached hydrogens (tertiary/aromatic N) is 2. The fourth-order valence-corrected chi connectivity index (χ4v) is 1.33. The van der Waals surface area contributed by atoms with Crippen LogP contribution in [-0.4, -0.2) is 0 Å². The summed E-state index contributed by atoms with van der Waals surface area (Å²) in [7, 11) is 0. The van der Waals surface area contributed by atoms with Crippen LogP contribution in [0.3, 0.4) is 0 Å². The van der Waals surface area contributed by atoms with E-state index in [1.165, 1.54) is 12.1 Å². The van der Waals surface area contributed by atoms with Crippen molar-refractivity contribution in [1.82, 2.24) is 0 Å². The van der Waals surface area contributed by atoms with Crippen LogP contribution in [0.25, 0.3) is 0 Å². The van der Waals surface area contributed by atoms with Gasteiger partial charge in [-0.05, 0) is 18.2 Å². The van der Waals surface area contributed by atoms with Gasteiger partial charge >= 0.3 is 12.4 Å². The van der Waals surface area contributed by atoms with Gasteiger partial charge in [0.2, 0.25) is 0 Å². The molecule has 21 heavy (non-hydrogen) atoms. The molecule has 0 aliphatic rings. The third-order valence-electron chi connectivity index (χ3n) is 2.27. The number of nitriles is 2. The van der Waals surface area contributed by atoms with E-state index in [2.05, 4.69) is 0 Å². The van der Waals surface area contributed by atoms with Crippen molar-refractivity contribution in [2.45, 2.75) is 12.4 Å². The van der Waals surface area contributed by atoms with Gasteiger partial charge in [0.25, 0.3) is 0 Å². The summed E-state index contributed by atoms with van der Waals surface area (Å²) in [5, 5.41) is 18.8. The second kappa shape index (κ2) is 5.75. The number of hydrogen-bond acceptors (Lipinski definition) is 3. The number of hydrogen-bond donors (Lipinski definition) is 1. The Balaban J connectivity index is 3.35. The topological polar surface area (TPSA) is 59.6 Å². The van der Waals surface area contributed by atoms with Crippen molar-refractivity contribution in [3.63, 3.8) is 0 Å². The highest BCUT2D eigenvalue weighted by molar-refractivity contribution is 5.58. The zero-order valence-corrected chi connectivity index (χ0v) is 9.97. The second-order valence-corrected chi connectivity index (χ2v) is 3.68. The first kappa shape index (κ1) is 16.4. The van der Waals surface area contributed by atoms with Crippen molar-refractivity contribution in [2.75, 3.05) is 5.32 Å². The van der Waals surface area contributed by atoms with Crippen LogP contribution >= 0.6 is 0 Å². The molecule has 9 heteroatoms. The predicted molar refractivity (Wildman–Crippen MR) is 59.4 cm³/mol. The van der Waals surface area contributed by atoms with Gasteiger partial charge in [0.1, 0.15) is 17.7 Å². The van der Waals surface area contributed by atoms with Crippen molar-refractivity contribution in [3.05, 3.63) is 41.1 Å². The average Bonchev–Trinajstić information content (AvgIpc) is 2.37. The molecule has 1 N–H and O–H groups in total. The quantitative estimate of drug-likeness (QED) is 0.662. The molecule has 3 nitrogen and oxygen atoms in total.